The first-order valence-electron chi connectivity index (χ1n) is 5.73. The Bertz CT molecular complexity index is 334. The van der Waals surface area contributed by atoms with E-state index in [-0.39, 0.29) is 0 Å². The topological polar surface area (TPSA) is 9.23 Å². The second-order valence-electron chi connectivity index (χ2n) is 4.24. The Kier molecular flexibility index (Phi) is 4.51. The molecule has 0 radical (unpaired) electrons. The number of alkyl halides is 1. The average Bonchev–Trinajstić information content (AvgIpc) is 2.80. The van der Waals surface area contributed by atoms with Gasteiger partial charge in [-0.05, 0) is 30.9 Å². The Morgan fingerprint density at radius 3 is 2.81 bits per heavy atom. The fourth-order valence-electron chi connectivity index (χ4n) is 2.23. The van der Waals surface area contributed by atoms with Crippen molar-refractivity contribution < 1.29 is 4.74 Å². The summed E-state index contributed by atoms with van der Waals surface area (Å²) in [6.45, 7) is 0.891. The van der Waals surface area contributed by atoms with Crippen molar-refractivity contribution in [1.82, 2.24) is 0 Å². The van der Waals surface area contributed by atoms with E-state index in [0.29, 0.717) is 17.9 Å². The summed E-state index contributed by atoms with van der Waals surface area (Å²) in [5.74, 6) is 0.905. The summed E-state index contributed by atoms with van der Waals surface area (Å²) < 4.78 is 5.64. The van der Waals surface area contributed by atoms with E-state index in [2.05, 4.69) is 6.07 Å². The zero-order valence-corrected chi connectivity index (χ0v) is 10.7. The molecular weight excluding hydrogens is 243 g/mol. The Morgan fingerprint density at radius 1 is 1.38 bits per heavy atom. The molecule has 0 saturated carbocycles. The Morgan fingerprint density at radius 2 is 2.19 bits per heavy atom. The summed E-state index contributed by atoms with van der Waals surface area (Å²) in [5, 5.41) is 0.811. The third-order valence-corrected chi connectivity index (χ3v) is 3.82. The highest BCUT2D eigenvalue weighted by atomic mass is 35.5. The van der Waals surface area contributed by atoms with Crippen molar-refractivity contribution >= 4 is 23.2 Å². The van der Waals surface area contributed by atoms with Gasteiger partial charge in [0.25, 0.3) is 0 Å². The third kappa shape index (κ3) is 2.91. The van der Waals surface area contributed by atoms with Gasteiger partial charge in [-0.25, -0.2) is 0 Å². The maximum atomic E-state index is 6.18. The molecule has 1 saturated heterocycles. The molecular formula is C13H16Cl2O. The minimum absolute atomic E-state index is 0.304. The zero-order chi connectivity index (χ0) is 11.4. The normalized spacial score (nSPS) is 22.2. The molecule has 2 rings (SSSR count). The van der Waals surface area contributed by atoms with Crippen LogP contribution in [0.4, 0.5) is 0 Å². The molecule has 0 aliphatic carbocycles. The first-order chi connectivity index (χ1) is 7.81. The van der Waals surface area contributed by atoms with E-state index in [0.717, 1.165) is 30.0 Å². The van der Waals surface area contributed by atoms with Crippen LogP contribution in [-0.2, 0) is 4.74 Å². The van der Waals surface area contributed by atoms with E-state index >= 15 is 0 Å². The Hall–Kier alpha value is -0.240. The lowest BCUT2D eigenvalue weighted by molar-refractivity contribution is 0.0995. The predicted molar refractivity (Wildman–Crippen MR) is 68.5 cm³/mol. The van der Waals surface area contributed by atoms with E-state index in [1.807, 2.05) is 18.2 Å². The predicted octanol–water partition coefficient (Wildman–Crippen LogP) is 4.23. The van der Waals surface area contributed by atoms with Gasteiger partial charge in [0.1, 0.15) is 0 Å². The molecule has 0 bridgehead atoms. The lowest BCUT2D eigenvalue weighted by Crippen LogP contribution is -2.13. The van der Waals surface area contributed by atoms with Gasteiger partial charge in [0, 0.05) is 23.4 Å². The van der Waals surface area contributed by atoms with Crippen molar-refractivity contribution in [1.29, 1.82) is 0 Å². The molecule has 88 valence electrons. The SMILES string of the molecule is ClCC(CC1CCCO1)c1ccccc1Cl. The number of benzene rings is 1. The maximum absolute atomic E-state index is 6.18. The van der Waals surface area contributed by atoms with Gasteiger partial charge in [-0.3, -0.25) is 0 Å². The molecule has 2 unspecified atom stereocenters. The fraction of sp³-hybridized carbons (Fsp3) is 0.538. The van der Waals surface area contributed by atoms with Gasteiger partial charge in [-0.1, -0.05) is 29.8 Å². The average molecular weight is 259 g/mol. The van der Waals surface area contributed by atoms with E-state index in [9.17, 15) is 0 Å². The van der Waals surface area contributed by atoms with Gasteiger partial charge in [0.05, 0.1) is 6.10 Å². The molecule has 0 N–H and O–H groups in total. The lowest BCUT2D eigenvalue weighted by Gasteiger charge is -2.19. The molecule has 1 heterocycles. The fourth-order valence-corrected chi connectivity index (χ4v) is 2.81. The quantitative estimate of drug-likeness (QED) is 0.735. The summed E-state index contributed by atoms with van der Waals surface area (Å²) in [4.78, 5) is 0. The molecule has 2 atom stereocenters. The van der Waals surface area contributed by atoms with Crippen LogP contribution in [0.25, 0.3) is 0 Å². The maximum Gasteiger partial charge on any atom is 0.0582 e. The van der Waals surface area contributed by atoms with E-state index in [1.54, 1.807) is 0 Å². The van der Waals surface area contributed by atoms with Crippen molar-refractivity contribution in [3.63, 3.8) is 0 Å². The molecule has 1 aromatic carbocycles. The lowest BCUT2D eigenvalue weighted by atomic mass is 9.94. The first-order valence-corrected chi connectivity index (χ1v) is 6.64. The van der Waals surface area contributed by atoms with Crippen LogP contribution < -0.4 is 0 Å². The molecule has 1 aliphatic heterocycles. The van der Waals surface area contributed by atoms with E-state index in [1.165, 1.54) is 6.42 Å². The summed E-state index contributed by atoms with van der Waals surface area (Å²) in [5.41, 5.74) is 1.15. The van der Waals surface area contributed by atoms with Crippen LogP contribution in [0.15, 0.2) is 24.3 Å². The number of halogens is 2. The molecule has 1 fully saturated rings. The van der Waals surface area contributed by atoms with Crippen LogP contribution >= 0.6 is 23.2 Å². The molecule has 16 heavy (non-hydrogen) atoms. The van der Waals surface area contributed by atoms with Crippen LogP contribution in [0.1, 0.15) is 30.7 Å². The number of hydrogen-bond donors (Lipinski definition) is 0. The number of ether oxygens (including phenoxy) is 1. The zero-order valence-electron chi connectivity index (χ0n) is 9.16. The molecule has 1 nitrogen and oxygen atoms in total. The second-order valence-corrected chi connectivity index (χ2v) is 4.96. The van der Waals surface area contributed by atoms with Crippen LogP contribution in [0.5, 0.6) is 0 Å². The van der Waals surface area contributed by atoms with Gasteiger partial charge in [-0.2, -0.15) is 0 Å². The monoisotopic (exact) mass is 258 g/mol. The van der Waals surface area contributed by atoms with E-state index in [4.69, 9.17) is 27.9 Å². The Labute approximate surface area is 107 Å². The number of rotatable bonds is 4. The molecule has 3 heteroatoms. The summed E-state index contributed by atoms with van der Waals surface area (Å²) in [6, 6.07) is 7.94. The van der Waals surface area contributed by atoms with Crippen molar-refractivity contribution in [2.45, 2.75) is 31.3 Å². The Balaban J connectivity index is 2.06. The minimum atomic E-state index is 0.304. The van der Waals surface area contributed by atoms with Crippen LogP contribution in [0.3, 0.4) is 0 Å². The first kappa shape index (κ1) is 12.2. The van der Waals surface area contributed by atoms with Crippen molar-refractivity contribution in [2.24, 2.45) is 0 Å². The van der Waals surface area contributed by atoms with Crippen molar-refractivity contribution in [3.8, 4) is 0 Å². The van der Waals surface area contributed by atoms with Gasteiger partial charge in [0.15, 0.2) is 0 Å². The van der Waals surface area contributed by atoms with Gasteiger partial charge in [0.2, 0.25) is 0 Å². The largest absolute Gasteiger partial charge is 0.378 e. The van der Waals surface area contributed by atoms with Gasteiger partial charge < -0.3 is 4.74 Å². The standard InChI is InChI=1S/C13H16Cl2O/c14-9-10(8-11-4-3-7-16-11)12-5-1-2-6-13(12)15/h1-2,5-6,10-11H,3-4,7-9H2. The highest BCUT2D eigenvalue weighted by Gasteiger charge is 2.22. The molecule has 1 aromatic rings. The summed E-state index contributed by atoms with van der Waals surface area (Å²) >= 11 is 12.2. The number of hydrogen-bond acceptors (Lipinski definition) is 1. The molecule has 0 amide bonds. The highest BCUT2D eigenvalue weighted by Crippen LogP contribution is 2.31. The third-order valence-electron chi connectivity index (χ3n) is 3.10. The summed E-state index contributed by atoms with van der Waals surface area (Å²) in [6.07, 6.45) is 3.66. The smallest absolute Gasteiger partial charge is 0.0582 e. The molecule has 1 aliphatic rings. The van der Waals surface area contributed by atoms with Crippen molar-refractivity contribution in [2.75, 3.05) is 12.5 Å². The summed E-state index contributed by atoms with van der Waals surface area (Å²) in [7, 11) is 0. The van der Waals surface area contributed by atoms with Gasteiger partial charge >= 0.3 is 0 Å². The second kappa shape index (κ2) is 5.90. The van der Waals surface area contributed by atoms with Crippen LogP contribution in [0.2, 0.25) is 5.02 Å². The van der Waals surface area contributed by atoms with E-state index < -0.39 is 0 Å². The molecule has 0 spiro atoms. The minimum Gasteiger partial charge on any atom is -0.378 e. The van der Waals surface area contributed by atoms with Gasteiger partial charge in [-0.15, -0.1) is 11.6 Å². The van der Waals surface area contributed by atoms with Crippen molar-refractivity contribution in [3.05, 3.63) is 34.9 Å². The van der Waals surface area contributed by atoms with Crippen LogP contribution in [-0.4, -0.2) is 18.6 Å². The van der Waals surface area contributed by atoms with Crippen LogP contribution in [0, 0.1) is 0 Å². The molecule has 0 aromatic heterocycles. The highest BCUT2D eigenvalue weighted by molar-refractivity contribution is 6.31.